The zero-order chi connectivity index (χ0) is 14.5. The van der Waals surface area contributed by atoms with Gasteiger partial charge >= 0.3 is 0 Å². The molecule has 1 amide bonds. The maximum atomic E-state index is 12.2. The second-order valence-corrected chi connectivity index (χ2v) is 4.76. The normalized spacial score (nSPS) is 10.2. The summed E-state index contributed by atoms with van der Waals surface area (Å²) in [7, 11) is 1.58. The number of carbonyl (C=O) groups is 1. The van der Waals surface area contributed by atoms with Gasteiger partial charge in [0.25, 0.3) is 5.91 Å². The number of hydrogen-bond donors (Lipinski definition) is 1. The second-order valence-electron chi connectivity index (χ2n) is 4.49. The van der Waals surface area contributed by atoms with Gasteiger partial charge in [0.1, 0.15) is 5.75 Å². The third-order valence-electron chi connectivity index (χ3n) is 2.97. The van der Waals surface area contributed by atoms with Crippen LogP contribution in [-0.2, 0) is 5.88 Å². The van der Waals surface area contributed by atoms with Gasteiger partial charge in [0.15, 0.2) is 0 Å². The number of amides is 1. The van der Waals surface area contributed by atoms with Crippen molar-refractivity contribution in [3.63, 3.8) is 0 Å². The van der Waals surface area contributed by atoms with Gasteiger partial charge in [-0.25, -0.2) is 0 Å². The number of halogens is 1. The summed E-state index contributed by atoms with van der Waals surface area (Å²) in [5, 5.41) is 2.86. The number of nitrogens with one attached hydrogen (secondary N) is 1. The molecule has 0 bridgehead atoms. The molecule has 0 saturated carbocycles. The van der Waals surface area contributed by atoms with E-state index in [0.717, 1.165) is 11.1 Å². The first-order chi connectivity index (χ1) is 9.63. The maximum absolute atomic E-state index is 12.2. The van der Waals surface area contributed by atoms with Crippen molar-refractivity contribution in [2.75, 3.05) is 12.4 Å². The molecule has 0 saturated heterocycles. The number of anilines is 1. The van der Waals surface area contributed by atoms with Gasteiger partial charge in [0, 0.05) is 11.4 Å². The summed E-state index contributed by atoms with van der Waals surface area (Å²) in [4.78, 5) is 12.2. The Labute approximate surface area is 123 Å². The second kappa shape index (κ2) is 6.44. The van der Waals surface area contributed by atoms with Gasteiger partial charge in [-0.15, -0.1) is 11.6 Å². The standard InChI is InChI=1S/C16H16ClNO2/c1-11-3-8-15(20-2)14(9-11)18-16(19)13-6-4-12(10-17)5-7-13/h3-9H,10H2,1-2H3,(H,18,19). The molecule has 0 aliphatic rings. The van der Waals surface area contributed by atoms with E-state index in [1.165, 1.54) is 0 Å². The Kier molecular flexibility index (Phi) is 4.64. The predicted molar refractivity (Wildman–Crippen MR) is 81.7 cm³/mol. The molecule has 0 unspecified atom stereocenters. The average molecular weight is 290 g/mol. The molecule has 104 valence electrons. The summed E-state index contributed by atoms with van der Waals surface area (Å²) < 4.78 is 5.24. The number of hydrogen-bond acceptors (Lipinski definition) is 2. The van der Waals surface area contributed by atoms with Crippen molar-refractivity contribution in [2.24, 2.45) is 0 Å². The molecule has 3 nitrogen and oxygen atoms in total. The number of ether oxygens (including phenoxy) is 1. The van der Waals surface area contributed by atoms with Crippen molar-refractivity contribution >= 4 is 23.2 Å². The van der Waals surface area contributed by atoms with E-state index in [-0.39, 0.29) is 5.91 Å². The number of aryl methyl sites for hydroxylation is 1. The number of alkyl halides is 1. The van der Waals surface area contributed by atoms with Crippen LogP contribution in [0.15, 0.2) is 42.5 Å². The molecule has 0 radical (unpaired) electrons. The summed E-state index contributed by atoms with van der Waals surface area (Å²) in [5.74, 6) is 0.907. The van der Waals surface area contributed by atoms with Crippen LogP contribution in [0.1, 0.15) is 21.5 Å². The largest absolute Gasteiger partial charge is 0.495 e. The lowest BCUT2D eigenvalue weighted by Gasteiger charge is -2.11. The summed E-state index contributed by atoms with van der Waals surface area (Å²) >= 11 is 5.73. The summed E-state index contributed by atoms with van der Waals surface area (Å²) in [6.07, 6.45) is 0. The van der Waals surface area contributed by atoms with Crippen LogP contribution in [-0.4, -0.2) is 13.0 Å². The van der Waals surface area contributed by atoms with Crippen molar-refractivity contribution in [2.45, 2.75) is 12.8 Å². The van der Waals surface area contributed by atoms with Crippen LogP contribution in [0, 0.1) is 6.92 Å². The zero-order valence-corrected chi connectivity index (χ0v) is 12.2. The quantitative estimate of drug-likeness (QED) is 0.864. The predicted octanol–water partition coefficient (Wildman–Crippen LogP) is 3.99. The van der Waals surface area contributed by atoms with Crippen LogP contribution < -0.4 is 10.1 Å². The van der Waals surface area contributed by atoms with Crippen molar-refractivity contribution in [3.05, 3.63) is 59.2 Å². The Morgan fingerprint density at radius 3 is 2.50 bits per heavy atom. The van der Waals surface area contributed by atoms with E-state index in [2.05, 4.69) is 5.32 Å². The molecule has 0 aliphatic heterocycles. The van der Waals surface area contributed by atoms with Crippen molar-refractivity contribution in [1.82, 2.24) is 0 Å². The number of rotatable bonds is 4. The lowest BCUT2D eigenvalue weighted by molar-refractivity contribution is 0.102. The SMILES string of the molecule is COc1ccc(C)cc1NC(=O)c1ccc(CCl)cc1. The Balaban J connectivity index is 2.20. The first-order valence-corrected chi connectivity index (χ1v) is 6.78. The molecule has 0 atom stereocenters. The third kappa shape index (κ3) is 3.31. The Hall–Kier alpha value is -2.00. The van der Waals surface area contributed by atoms with Crippen molar-refractivity contribution in [1.29, 1.82) is 0 Å². The van der Waals surface area contributed by atoms with E-state index in [0.29, 0.717) is 22.9 Å². The number of carbonyl (C=O) groups excluding carboxylic acids is 1. The number of benzene rings is 2. The van der Waals surface area contributed by atoms with Crippen LogP contribution >= 0.6 is 11.6 Å². The van der Waals surface area contributed by atoms with Gasteiger partial charge in [-0.05, 0) is 42.3 Å². The van der Waals surface area contributed by atoms with Crippen LogP contribution in [0.2, 0.25) is 0 Å². The monoisotopic (exact) mass is 289 g/mol. The molecule has 20 heavy (non-hydrogen) atoms. The highest BCUT2D eigenvalue weighted by Gasteiger charge is 2.09. The molecule has 0 heterocycles. The van der Waals surface area contributed by atoms with Crippen molar-refractivity contribution in [3.8, 4) is 5.75 Å². The molecule has 4 heteroatoms. The van der Waals surface area contributed by atoms with E-state index in [1.807, 2.05) is 37.3 Å². The van der Waals surface area contributed by atoms with Gasteiger partial charge in [0.05, 0.1) is 12.8 Å². The van der Waals surface area contributed by atoms with Crippen LogP contribution in [0.5, 0.6) is 5.75 Å². The average Bonchev–Trinajstić information content (AvgIpc) is 2.47. The van der Waals surface area contributed by atoms with Gasteiger partial charge < -0.3 is 10.1 Å². The minimum atomic E-state index is -0.171. The summed E-state index contributed by atoms with van der Waals surface area (Å²) in [5.41, 5.74) is 3.29. The van der Waals surface area contributed by atoms with E-state index in [4.69, 9.17) is 16.3 Å². The molecule has 2 rings (SSSR count). The van der Waals surface area contributed by atoms with E-state index in [9.17, 15) is 4.79 Å². The molecular formula is C16H16ClNO2. The summed E-state index contributed by atoms with van der Waals surface area (Å²) in [6.45, 7) is 1.96. The Bertz CT molecular complexity index is 608. The highest BCUT2D eigenvalue weighted by Crippen LogP contribution is 2.25. The maximum Gasteiger partial charge on any atom is 0.255 e. The molecular weight excluding hydrogens is 274 g/mol. The van der Waals surface area contributed by atoms with E-state index >= 15 is 0 Å². The van der Waals surface area contributed by atoms with Crippen LogP contribution in [0.3, 0.4) is 0 Å². The molecule has 1 N–H and O–H groups in total. The fourth-order valence-corrected chi connectivity index (χ4v) is 2.04. The fourth-order valence-electron chi connectivity index (χ4n) is 1.86. The fraction of sp³-hybridized carbons (Fsp3) is 0.188. The van der Waals surface area contributed by atoms with Gasteiger partial charge in [0.2, 0.25) is 0 Å². The first-order valence-electron chi connectivity index (χ1n) is 6.25. The zero-order valence-electron chi connectivity index (χ0n) is 11.4. The molecule has 0 fully saturated rings. The lowest BCUT2D eigenvalue weighted by atomic mass is 10.1. The Morgan fingerprint density at radius 2 is 1.90 bits per heavy atom. The van der Waals surface area contributed by atoms with E-state index < -0.39 is 0 Å². The minimum absolute atomic E-state index is 0.171. The lowest BCUT2D eigenvalue weighted by Crippen LogP contribution is -2.12. The Morgan fingerprint density at radius 1 is 1.20 bits per heavy atom. The molecule has 0 spiro atoms. The summed E-state index contributed by atoms with van der Waals surface area (Å²) in [6, 6.07) is 12.9. The highest BCUT2D eigenvalue weighted by atomic mass is 35.5. The van der Waals surface area contributed by atoms with Gasteiger partial charge in [-0.2, -0.15) is 0 Å². The smallest absolute Gasteiger partial charge is 0.255 e. The third-order valence-corrected chi connectivity index (χ3v) is 3.28. The number of methoxy groups -OCH3 is 1. The van der Waals surface area contributed by atoms with Crippen molar-refractivity contribution < 1.29 is 9.53 Å². The first kappa shape index (κ1) is 14.4. The van der Waals surface area contributed by atoms with E-state index in [1.54, 1.807) is 19.2 Å². The molecule has 2 aromatic rings. The molecule has 0 aliphatic carbocycles. The van der Waals surface area contributed by atoms with Gasteiger partial charge in [-0.1, -0.05) is 18.2 Å². The van der Waals surface area contributed by atoms with Crippen LogP contribution in [0.4, 0.5) is 5.69 Å². The molecule has 0 aromatic heterocycles. The topological polar surface area (TPSA) is 38.3 Å². The van der Waals surface area contributed by atoms with Gasteiger partial charge in [-0.3, -0.25) is 4.79 Å². The van der Waals surface area contributed by atoms with Crippen LogP contribution in [0.25, 0.3) is 0 Å². The molecule has 2 aromatic carbocycles. The highest BCUT2D eigenvalue weighted by molar-refractivity contribution is 6.17. The minimum Gasteiger partial charge on any atom is -0.495 e.